The zero-order valence-electron chi connectivity index (χ0n) is 13.9. The molecule has 0 saturated carbocycles. The molecule has 0 atom stereocenters. The molecule has 2 aromatic rings. The SMILES string of the molecule is O=C(CCCOc1ccc(Cl)cc1Cl)N/N=C\c1ccc([O-])c([N+](=O)[O-])c1. The van der Waals surface area contributed by atoms with Crippen LogP contribution in [0, 0.1) is 10.1 Å². The van der Waals surface area contributed by atoms with Crippen molar-refractivity contribution >= 4 is 41.0 Å². The van der Waals surface area contributed by atoms with E-state index in [0.717, 1.165) is 12.1 Å². The minimum absolute atomic E-state index is 0.155. The van der Waals surface area contributed by atoms with E-state index in [1.54, 1.807) is 18.2 Å². The summed E-state index contributed by atoms with van der Waals surface area (Å²) in [4.78, 5) is 21.6. The second-order valence-corrected chi connectivity index (χ2v) is 6.15. The Morgan fingerprint density at radius 3 is 2.74 bits per heavy atom. The summed E-state index contributed by atoms with van der Waals surface area (Å²) in [5.41, 5.74) is 2.06. The van der Waals surface area contributed by atoms with Gasteiger partial charge in [0.25, 0.3) is 5.69 Å². The molecule has 0 aliphatic heterocycles. The van der Waals surface area contributed by atoms with E-state index < -0.39 is 16.4 Å². The Balaban J connectivity index is 1.75. The van der Waals surface area contributed by atoms with Crippen molar-refractivity contribution in [3.63, 3.8) is 0 Å². The number of ether oxygens (including phenoxy) is 1. The van der Waals surface area contributed by atoms with Crippen molar-refractivity contribution < 1.29 is 19.6 Å². The number of amides is 1. The molecule has 0 aromatic heterocycles. The predicted molar refractivity (Wildman–Crippen MR) is 99.5 cm³/mol. The second kappa shape index (κ2) is 9.75. The van der Waals surface area contributed by atoms with E-state index in [0.29, 0.717) is 27.8 Å². The van der Waals surface area contributed by atoms with Crippen LogP contribution in [0.3, 0.4) is 0 Å². The van der Waals surface area contributed by atoms with Crippen LogP contribution in [0.25, 0.3) is 0 Å². The van der Waals surface area contributed by atoms with Gasteiger partial charge >= 0.3 is 0 Å². The number of nitrogens with zero attached hydrogens (tertiary/aromatic N) is 2. The van der Waals surface area contributed by atoms with Crippen molar-refractivity contribution in [2.75, 3.05) is 6.61 Å². The van der Waals surface area contributed by atoms with Crippen LogP contribution in [-0.2, 0) is 4.79 Å². The molecule has 27 heavy (non-hydrogen) atoms. The largest absolute Gasteiger partial charge is 0.868 e. The molecular weight excluding hydrogens is 397 g/mol. The molecule has 0 radical (unpaired) electrons. The lowest BCUT2D eigenvalue weighted by atomic mass is 10.2. The van der Waals surface area contributed by atoms with Crippen LogP contribution >= 0.6 is 23.2 Å². The number of hydrazone groups is 1. The maximum absolute atomic E-state index is 11.7. The molecule has 2 rings (SSSR count). The lowest BCUT2D eigenvalue weighted by Gasteiger charge is -2.07. The molecule has 0 heterocycles. The topological polar surface area (TPSA) is 117 Å². The molecule has 0 aliphatic carbocycles. The normalized spacial score (nSPS) is 10.7. The van der Waals surface area contributed by atoms with Crippen molar-refractivity contribution in [1.82, 2.24) is 5.43 Å². The average molecular weight is 411 g/mol. The highest BCUT2D eigenvalue weighted by Crippen LogP contribution is 2.27. The third-order valence-corrected chi connectivity index (χ3v) is 3.81. The van der Waals surface area contributed by atoms with E-state index in [2.05, 4.69) is 10.5 Å². The Kier molecular flexibility index (Phi) is 7.39. The van der Waals surface area contributed by atoms with Crippen molar-refractivity contribution in [3.8, 4) is 11.5 Å². The lowest BCUT2D eigenvalue weighted by molar-refractivity contribution is -0.398. The van der Waals surface area contributed by atoms with Crippen LogP contribution in [-0.4, -0.2) is 23.7 Å². The number of carbonyl (C=O) groups excluding carboxylic acids is 1. The van der Waals surface area contributed by atoms with Gasteiger partial charge in [0.1, 0.15) is 5.75 Å². The number of nitro benzene ring substituents is 1. The van der Waals surface area contributed by atoms with Gasteiger partial charge in [-0.15, -0.1) is 0 Å². The van der Waals surface area contributed by atoms with Gasteiger partial charge in [0, 0.05) is 23.1 Å². The standard InChI is InChI=1S/C17H15Cl2N3O5/c18-12-4-6-16(13(19)9-12)27-7-1-2-17(24)21-20-10-11-3-5-15(23)14(8-11)22(25)26/h3-6,8-10,23H,1-2,7H2,(H,21,24)/p-1/b20-10-. The first kappa shape index (κ1) is 20.5. The van der Waals surface area contributed by atoms with Gasteiger partial charge in [0.05, 0.1) is 22.8 Å². The molecule has 2 aromatic carbocycles. The first-order valence-corrected chi connectivity index (χ1v) is 8.47. The Labute approximate surface area is 164 Å². The summed E-state index contributed by atoms with van der Waals surface area (Å²) in [6.45, 7) is 0.273. The molecular formula is C17H14Cl2N3O5-. The van der Waals surface area contributed by atoms with Crippen molar-refractivity contribution in [3.05, 3.63) is 62.1 Å². The van der Waals surface area contributed by atoms with Crippen LogP contribution in [0.1, 0.15) is 18.4 Å². The number of benzene rings is 2. The number of carbonyl (C=O) groups is 1. The third-order valence-electron chi connectivity index (χ3n) is 3.28. The van der Waals surface area contributed by atoms with Crippen LogP contribution in [0.5, 0.6) is 11.5 Å². The van der Waals surface area contributed by atoms with Gasteiger partial charge in [-0.05, 0) is 30.4 Å². The number of hydrogen-bond acceptors (Lipinski definition) is 6. The molecule has 0 saturated heterocycles. The van der Waals surface area contributed by atoms with Crippen LogP contribution in [0.2, 0.25) is 10.0 Å². The van der Waals surface area contributed by atoms with Gasteiger partial charge in [-0.25, -0.2) is 5.43 Å². The van der Waals surface area contributed by atoms with Crippen LogP contribution in [0.15, 0.2) is 41.5 Å². The molecule has 1 amide bonds. The van der Waals surface area contributed by atoms with E-state index in [4.69, 9.17) is 27.9 Å². The highest BCUT2D eigenvalue weighted by Gasteiger charge is 2.07. The fourth-order valence-electron chi connectivity index (χ4n) is 2.00. The van der Waals surface area contributed by atoms with Crippen molar-refractivity contribution in [1.29, 1.82) is 0 Å². The summed E-state index contributed by atoms with van der Waals surface area (Å²) >= 11 is 11.8. The summed E-state index contributed by atoms with van der Waals surface area (Å²) < 4.78 is 5.46. The van der Waals surface area contributed by atoms with Gasteiger partial charge in [-0.2, -0.15) is 5.10 Å². The quantitative estimate of drug-likeness (QED) is 0.310. The maximum Gasteiger partial charge on any atom is 0.262 e. The summed E-state index contributed by atoms with van der Waals surface area (Å²) in [6, 6.07) is 8.37. The van der Waals surface area contributed by atoms with Crippen LogP contribution in [0.4, 0.5) is 5.69 Å². The molecule has 8 nitrogen and oxygen atoms in total. The Morgan fingerprint density at radius 2 is 2.04 bits per heavy atom. The molecule has 1 N–H and O–H groups in total. The minimum atomic E-state index is -0.773. The van der Waals surface area contributed by atoms with Gasteiger partial charge in [0.15, 0.2) is 0 Å². The Morgan fingerprint density at radius 1 is 1.26 bits per heavy atom. The van der Waals surface area contributed by atoms with Gasteiger partial charge in [0.2, 0.25) is 5.91 Å². The molecule has 0 fully saturated rings. The number of hydrogen-bond donors (Lipinski definition) is 1. The van der Waals surface area contributed by atoms with Crippen LogP contribution < -0.4 is 15.3 Å². The monoisotopic (exact) mass is 410 g/mol. The zero-order chi connectivity index (χ0) is 19.8. The van der Waals surface area contributed by atoms with Gasteiger partial charge < -0.3 is 9.84 Å². The molecule has 142 valence electrons. The minimum Gasteiger partial charge on any atom is -0.868 e. The molecule has 0 bridgehead atoms. The number of rotatable bonds is 8. The number of halogens is 2. The van der Waals surface area contributed by atoms with Crippen molar-refractivity contribution in [2.24, 2.45) is 5.10 Å². The van der Waals surface area contributed by atoms with E-state index in [9.17, 15) is 20.0 Å². The summed E-state index contributed by atoms with van der Waals surface area (Å²) in [5.74, 6) is -0.572. The third kappa shape index (κ3) is 6.43. The van der Waals surface area contributed by atoms with Crippen molar-refractivity contribution in [2.45, 2.75) is 12.8 Å². The van der Waals surface area contributed by atoms with E-state index in [-0.39, 0.29) is 18.9 Å². The highest BCUT2D eigenvalue weighted by molar-refractivity contribution is 6.35. The molecule has 0 aliphatic rings. The first-order valence-electron chi connectivity index (χ1n) is 7.72. The van der Waals surface area contributed by atoms with E-state index in [1.165, 1.54) is 12.3 Å². The summed E-state index contributed by atoms with van der Waals surface area (Å²) in [5, 5.41) is 26.6. The Bertz CT molecular complexity index is 874. The zero-order valence-corrected chi connectivity index (χ0v) is 15.4. The number of nitro groups is 1. The van der Waals surface area contributed by atoms with Gasteiger partial charge in [-0.3, -0.25) is 14.9 Å². The fourth-order valence-corrected chi connectivity index (χ4v) is 2.46. The molecule has 10 heteroatoms. The summed E-state index contributed by atoms with van der Waals surface area (Å²) in [6.07, 6.45) is 1.80. The molecule has 0 unspecified atom stereocenters. The van der Waals surface area contributed by atoms with Gasteiger partial charge in [-0.1, -0.05) is 35.3 Å². The summed E-state index contributed by atoms with van der Waals surface area (Å²) in [7, 11) is 0. The maximum atomic E-state index is 11.7. The van der Waals surface area contributed by atoms with E-state index in [1.807, 2.05) is 0 Å². The van der Waals surface area contributed by atoms with E-state index >= 15 is 0 Å². The highest BCUT2D eigenvalue weighted by atomic mass is 35.5. The predicted octanol–water partition coefficient (Wildman–Crippen LogP) is 3.28. The average Bonchev–Trinajstić information content (AvgIpc) is 2.61. The lowest BCUT2D eigenvalue weighted by Crippen LogP contribution is -2.18. The smallest absolute Gasteiger partial charge is 0.262 e. The Hall–Kier alpha value is -2.84. The fraction of sp³-hybridized carbons (Fsp3) is 0.176. The molecule has 0 spiro atoms. The first-order chi connectivity index (χ1) is 12.9. The number of nitrogens with one attached hydrogen (secondary N) is 1. The second-order valence-electron chi connectivity index (χ2n) is 5.30.